The molecule has 132 valence electrons. The van der Waals surface area contributed by atoms with E-state index in [1.165, 1.54) is 0 Å². The van der Waals surface area contributed by atoms with E-state index in [1.54, 1.807) is 6.20 Å². The van der Waals surface area contributed by atoms with Gasteiger partial charge in [0.25, 0.3) is 5.91 Å². The molecule has 0 aliphatic carbocycles. The van der Waals surface area contributed by atoms with Crippen molar-refractivity contribution in [3.8, 4) is 11.1 Å². The van der Waals surface area contributed by atoms with Gasteiger partial charge in [-0.25, -0.2) is 0 Å². The van der Waals surface area contributed by atoms with Crippen molar-refractivity contribution in [1.29, 1.82) is 0 Å². The zero-order valence-electron chi connectivity index (χ0n) is 14.6. The average Bonchev–Trinajstić information content (AvgIpc) is 2.85. The Labute approximate surface area is 148 Å². The summed E-state index contributed by atoms with van der Waals surface area (Å²) in [6.07, 6.45) is 3.97. The largest absolute Gasteiger partial charge is 0.388 e. The zero-order valence-corrected chi connectivity index (χ0v) is 14.6. The van der Waals surface area contributed by atoms with Crippen LogP contribution in [0.2, 0.25) is 0 Å². The Balaban J connectivity index is 1.80. The summed E-state index contributed by atoms with van der Waals surface area (Å²) >= 11 is 0. The van der Waals surface area contributed by atoms with Crippen LogP contribution >= 0.6 is 0 Å². The molecule has 25 heavy (non-hydrogen) atoms. The van der Waals surface area contributed by atoms with E-state index in [0.717, 1.165) is 30.6 Å². The van der Waals surface area contributed by atoms with Gasteiger partial charge in [-0.1, -0.05) is 30.3 Å². The number of carbonyl (C=O) groups is 1. The number of nitrogens with zero attached hydrogens (tertiary/aromatic N) is 1. The summed E-state index contributed by atoms with van der Waals surface area (Å²) in [7, 11) is 0. The topological polar surface area (TPSA) is 74.2 Å². The number of hydrogen-bond donors (Lipinski definition) is 3. The number of pyridine rings is 1. The second-order valence-corrected chi connectivity index (χ2v) is 6.70. The molecule has 1 aromatic heterocycles. The van der Waals surface area contributed by atoms with Gasteiger partial charge in [0.15, 0.2) is 0 Å². The summed E-state index contributed by atoms with van der Waals surface area (Å²) in [5, 5.41) is 16.9. The van der Waals surface area contributed by atoms with Crippen LogP contribution in [0.5, 0.6) is 0 Å². The highest BCUT2D eigenvalue weighted by atomic mass is 16.3. The lowest BCUT2D eigenvalue weighted by Gasteiger charge is -2.26. The lowest BCUT2D eigenvalue weighted by Crippen LogP contribution is -2.43. The minimum atomic E-state index is -0.845. The average molecular weight is 339 g/mol. The number of nitrogens with one attached hydrogen (secondary N) is 2. The first kappa shape index (κ1) is 17.6. The molecule has 0 bridgehead atoms. The summed E-state index contributed by atoms with van der Waals surface area (Å²) in [5.74, 6) is -0.185. The number of aromatic nitrogens is 1. The van der Waals surface area contributed by atoms with Gasteiger partial charge in [-0.05, 0) is 56.5 Å². The molecular formula is C20H25N3O2. The summed E-state index contributed by atoms with van der Waals surface area (Å²) < 4.78 is 0. The molecule has 0 saturated carbocycles. The van der Waals surface area contributed by atoms with Crippen molar-refractivity contribution in [2.75, 3.05) is 19.6 Å². The molecule has 2 heterocycles. The molecule has 5 nitrogen and oxygen atoms in total. The van der Waals surface area contributed by atoms with Crippen molar-refractivity contribution < 1.29 is 9.90 Å². The van der Waals surface area contributed by atoms with Gasteiger partial charge in [0, 0.05) is 12.7 Å². The molecule has 1 fully saturated rings. The third kappa shape index (κ3) is 4.24. The van der Waals surface area contributed by atoms with E-state index in [4.69, 9.17) is 0 Å². The summed E-state index contributed by atoms with van der Waals surface area (Å²) in [6, 6.07) is 11.7. The molecule has 1 saturated heterocycles. The van der Waals surface area contributed by atoms with Crippen molar-refractivity contribution in [1.82, 2.24) is 15.6 Å². The lowest BCUT2D eigenvalue weighted by atomic mass is 9.94. The Kier molecular flexibility index (Phi) is 5.46. The number of aryl methyl sites for hydroxylation is 1. The molecule has 1 aromatic carbocycles. The molecule has 5 heteroatoms. The van der Waals surface area contributed by atoms with Crippen LogP contribution in [-0.2, 0) is 0 Å². The Morgan fingerprint density at radius 1 is 1.24 bits per heavy atom. The number of carbonyl (C=O) groups excluding carboxylic acids is 1. The van der Waals surface area contributed by atoms with Gasteiger partial charge in [0.05, 0.1) is 16.9 Å². The Bertz CT molecular complexity index is 723. The van der Waals surface area contributed by atoms with Gasteiger partial charge in [-0.15, -0.1) is 0 Å². The minimum absolute atomic E-state index is 0.185. The predicted octanol–water partition coefficient (Wildman–Crippen LogP) is 2.29. The Morgan fingerprint density at radius 2 is 2.04 bits per heavy atom. The van der Waals surface area contributed by atoms with Crippen molar-refractivity contribution >= 4 is 5.91 Å². The van der Waals surface area contributed by atoms with Gasteiger partial charge in [0.1, 0.15) is 0 Å². The maximum absolute atomic E-state index is 12.9. The normalized spacial score (nSPS) is 20.7. The summed E-state index contributed by atoms with van der Waals surface area (Å²) in [4.78, 5) is 17.1. The van der Waals surface area contributed by atoms with Gasteiger partial charge in [-0.2, -0.15) is 0 Å². The van der Waals surface area contributed by atoms with Crippen LogP contribution in [0.4, 0.5) is 0 Å². The monoisotopic (exact) mass is 339 g/mol. The zero-order chi connectivity index (χ0) is 17.7. The molecule has 2 aromatic rings. The lowest BCUT2D eigenvalue weighted by molar-refractivity contribution is 0.0275. The quantitative estimate of drug-likeness (QED) is 0.799. The molecule has 1 aliphatic heterocycles. The molecule has 1 amide bonds. The van der Waals surface area contributed by atoms with Crippen LogP contribution < -0.4 is 10.6 Å². The van der Waals surface area contributed by atoms with Gasteiger partial charge >= 0.3 is 0 Å². The summed E-state index contributed by atoms with van der Waals surface area (Å²) in [6.45, 7) is 3.78. The van der Waals surface area contributed by atoms with E-state index in [-0.39, 0.29) is 12.5 Å². The maximum Gasteiger partial charge on any atom is 0.253 e. The fourth-order valence-electron chi connectivity index (χ4n) is 3.33. The summed E-state index contributed by atoms with van der Waals surface area (Å²) in [5.41, 5.74) is 2.26. The van der Waals surface area contributed by atoms with E-state index in [9.17, 15) is 9.90 Å². The van der Waals surface area contributed by atoms with Crippen LogP contribution in [0, 0.1) is 6.92 Å². The molecular weight excluding hydrogens is 314 g/mol. The van der Waals surface area contributed by atoms with Crippen LogP contribution in [0.15, 0.2) is 42.6 Å². The predicted molar refractivity (Wildman–Crippen MR) is 98.4 cm³/mol. The SMILES string of the molecule is Cc1nccc(-c2ccccc2)c1C(=O)NC[C@@]1(O)CCCNCC1. The number of amides is 1. The third-order valence-corrected chi connectivity index (χ3v) is 4.79. The highest BCUT2D eigenvalue weighted by Crippen LogP contribution is 2.25. The van der Waals surface area contributed by atoms with Crippen LogP contribution in [-0.4, -0.2) is 41.2 Å². The highest BCUT2D eigenvalue weighted by Gasteiger charge is 2.29. The van der Waals surface area contributed by atoms with Crippen molar-refractivity contribution in [2.45, 2.75) is 31.8 Å². The fourth-order valence-corrected chi connectivity index (χ4v) is 3.33. The molecule has 0 radical (unpaired) electrons. The Morgan fingerprint density at radius 3 is 2.84 bits per heavy atom. The maximum atomic E-state index is 12.9. The van der Waals surface area contributed by atoms with Gasteiger partial charge in [0.2, 0.25) is 0 Å². The molecule has 1 atom stereocenters. The van der Waals surface area contributed by atoms with Gasteiger partial charge < -0.3 is 15.7 Å². The first-order chi connectivity index (χ1) is 12.1. The first-order valence-electron chi connectivity index (χ1n) is 8.81. The molecule has 3 rings (SSSR count). The van der Waals surface area contributed by atoms with E-state index in [0.29, 0.717) is 24.1 Å². The Hall–Kier alpha value is -2.24. The van der Waals surface area contributed by atoms with E-state index in [1.807, 2.05) is 43.3 Å². The van der Waals surface area contributed by atoms with Crippen LogP contribution in [0.3, 0.4) is 0 Å². The molecule has 0 spiro atoms. The fraction of sp³-hybridized carbons (Fsp3) is 0.400. The van der Waals surface area contributed by atoms with Crippen molar-refractivity contribution in [3.63, 3.8) is 0 Å². The highest BCUT2D eigenvalue weighted by molar-refractivity contribution is 6.01. The van der Waals surface area contributed by atoms with E-state index >= 15 is 0 Å². The third-order valence-electron chi connectivity index (χ3n) is 4.79. The number of hydrogen-bond acceptors (Lipinski definition) is 4. The standard InChI is InChI=1S/C20H25N3O2/c1-15-18(17(8-12-22-15)16-6-3-2-4-7-16)19(24)23-14-20(25)9-5-11-21-13-10-20/h2-4,6-8,12,21,25H,5,9-11,13-14H2,1H3,(H,23,24)/t20-/m1/s1. The minimum Gasteiger partial charge on any atom is -0.388 e. The van der Waals surface area contributed by atoms with E-state index in [2.05, 4.69) is 15.6 Å². The number of benzene rings is 1. The second kappa shape index (κ2) is 7.76. The molecule has 1 aliphatic rings. The molecule has 0 unspecified atom stereocenters. The smallest absolute Gasteiger partial charge is 0.253 e. The van der Waals surface area contributed by atoms with Crippen molar-refractivity contribution in [3.05, 3.63) is 53.9 Å². The van der Waals surface area contributed by atoms with Crippen LogP contribution in [0.25, 0.3) is 11.1 Å². The van der Waals surface area contributed by atoms with E-state index < -0.39 is 5.60 Å². The van der Waals surface area contributed by atoms with Crippen molar-refractivity contribution in [2.24, 2.45) is 0 Å². The van der Waals surface area contributed by atoms with Crippen LogP contribution in [0.1, 0.15) is 35.3 Å². The number of aliphatic hydroxyl groups is 1. The number of rotatable bonds is 4. The van der Waals surface area contributed by atoms with Gasteiger partial charge in [-0.3, -0.25) is 9.78 Å². The first-order valence-corrected chi connectivity index (χ1v) is 8.81. The second-order valence-electron chi connectivity index (χ2n) is 6.70. The molecule has 3 N–H and O–H groups in total.